The quantitative estimate of drug-likeness (QED) is 0.525. The van der Waals surface area contributed by atoms with E-state index in [2.05, 4.69) is 37.9 Å². The molecule has 0 fully saturated rings. The largest absolute Gasteiger partial charge is 4.00 e. The molecule has 1 aliphatic carbocycles. The first-order chi connectivity index (χ1) is 4.72. The Hall–Kier alpha value is 0.388. The van der Waals surface area contributed by atoms with Crippen LogP contribution in [0.2, 0.25) is 0 Å². The van der Waals surface area contributed by atoms with E-state index in [9.17, 15) is 0 Å². The van der Waals surface area contributed by atoms with E-state index >= 15 is 0 Å². The van der Waals surface area contributed by atoms with Gasteiger partial charge < -0.3 is 27.2 Å². The summed E-state index contributed by atoms with van der Waals surface area (Å²) in [6, 6.07) is 1.46. The first kappa shape index (κ1) is 23.9. The van der Waals surface area contributed by atoms with Crippen LogP contribution < -0.4 is 0 Å². The van der Waals surface area contributed by atoms with Crippen LogP contribution in [0.25, 0.3) is 0 Å². The van der Waals surface area contributed by atoms with Gasteiger partial charge in [0, 0.05) is 12.1 Å². The second-order valence-electron chi connectivity index (χ2n) is 3.36. The van der Waals surface area contributed by atoms with Gasteiger partial charge in [-0.1, -0.05) is 12.2 Å². The minimum absolute atomic E-state index is 0. The van der Waals surface area contributed by atoms with Crippen LogP contribution >= 0.6 is 0 Å². The summed E-state index contributed by atoms with van der Waals surface area (Å²) in [5, 5.41) is 0. The number of hydrogen-bond acceptors (Lipinski definition) is 1. The Bertz CT molecular complexity index is 124. The Morgan fingerprint density at radius 3 is 1.71 bits per heavy atom. The summed E-state index contributed by atoms with van der Waals surface area (Å²) in [7, 11) is 2.21. The molecule has 0 heterocycles. The van der Waals surface area contributed by atoms with Crippen LogP contribution in [0.15, 0.2) is 12.2 Å². The van der Waals surface area contributed by atoms with Gasteiger partial charge in [-0.2, -0.15) is 0 Å². The number of rotatable bonds is 2. The van der Waals surface area contributed by atoms with Crippen molar-refractivity contribution in [3.8, 4) is 0 Å². The Morgan fingerprint density at radius 2 is 1.43 bits per heavy atom. The van der Waals surface area contributed by atoms with Gasteiger partial charge in [-0.3, -0.25) is 0 Å². The van der Waals surface area contributed by atoms with Gasteiger partial charge in [0.2, 0.25) is 0 Å². The predicted octanol–water partition coefficient (Wildman–Crippen LogP) is 3.39. The summed E-state index contributed by atoms with van der Waals surface area (Å²) < 4.78 is 0. The first-order valence-corrected chi connectivity index (χ1v) is 4.08. The average molecular weight is 379 g/mol. The molecule has 0 N–H and O–H groups in total. The SMILES string of the molecule is CC(C)N(C)C1CC=CC1.[CH3-].[CH3-].[CH3-].[Pt+4]. The van der Waals surface area contributed by atoms with E-state index in [0.29, 0.717) is 6.04 Å². The van der Waals surface area contributed by atoms with Crippen LogP contribution in [0.4, 0.5) is 0 Å². The van der Waals surface area contributed by atoms with Crippen LogP contribution in [-0.2, 0) is 21.1 Å². The van der Waals surface area contributed by atoms with Crippen molar-refractivity contribution in [2.45, 2.75) is 38.8 Å². The molecule has 0 saturated heterocycles. The molecule has 14 heavy (non-hydrogen) atoms. The van der Waals surface area contributed by atoms with Gasteiger partial charge in [0.1, 0.15) is 0 Å². The van der Waals surface area contributed by atoms with E-state index in [1.54, 1.807) is 0 Å². The van der Waals surface area contributed by atoms with Crippen molar-refractivity contribution in [3.63, 3.8) is 0 Å². The molecular weight excluding hydrogens is 353 g/mol. The Labute approximate surface area is 106 Å². The third-order valence-corrected chi connectivity index (χ3v) is 2.37. The van der Waals surface area contributed by atoms with Crippen molar-refractivity contribution in [2.24, 2.45) is 0 Å². The van der Waals surface area contributed by atoms with Gasteiger partial charge in [-0.05, 0) is 33.7 Å². The molecule has 0 radical (unpaired) electrons. The smallest absolute Gasteiger partial charge is 0.358 e. The van der Waals surface area contributed by atoms with E-state index < -0.39 is 0 Å². The Kier molecular flexibility index (Phi) is 19.6. The summed E-state index contributed by atoms with van der Waals surface area (Å²) in [6.07, 6.45) is 7.05. The average Bonchev–Trinajstić information content (AvgIpc) is 2.36. The molecule has 2 heteroatoms. The van der Waals surface area contributed by atoms with Crippen LogP contribution in [0.3, 0.4) is 0 Å². The maximum atomic E-state index is 2.44. The van der Waals surface area contributed by atoms with E-state index in [1.165, 1.54) is 12.8 Å². The molecule has 0 aliphatic heterocycles. The summed E-state index contributed by atoms with van der Waals surface area (Å²) in [5.74, 6) is 0. The zero-order valence-corrected chi connectivity index (χ0v) is 12.8. The van der Waals surface area contributed by atoms with Crippen LogP contribution in [0.5, 0.6) is 0 Å². The van der Waals surface area contributed by atoms with Crippen molar-refractivity contribution in [1.82, 2.24) is 4.90 Å². The molecule has 0 aromatic carbocycles. The molecule has 0 saturated carbocycles. The maximum Gasteiger partial charge on any atom is 4.00 e. The van der Waals surface area contributed by atoms with Crippen molar-refractivity contribution in [3.05, 3.63) is 34.4 Å². The zero-order valence-electron chi connectivity index (χ0n) is 10.5. The van der Waals surface area contributed by atoms with Gasteiger partial charge in [0.05, 0.1) is 0 Å². The summed E-state index contributed by atoms with van der Waals surface area (Å²) >= 11 is 0. The van der Waals surface area contributed by atoms with Crippen LogP contribution in [0.1, 0.15) is 26.7 Å². The van der Waals surface area contributed by atoms with E-state index in [4.69, 9.17) is 0 Å². The molecule has 1 nitrogen and oxygen atoms in total. The fraction of sp³-hybridized carbons (Fsp3) is 0.583. The van der Waals surface area contributed by atoms with Gasteiger partial charge in [0.25, 0.3) is 0 Å². The number of hydrogen-bond donors (Lipinski definition) is 0. The maximum absolute atomic E-state index is 2.44. The normalized spacial score (nSPS) is 14.1. The zero-order chi connectivity index (χ0) is 7.56. The summed E-state index contributed by atoms with van der Waals surface area (Å²) in [4.78, 5) is 2.44. The third kappa shape index (κ3) is 6.78. The molecule has 0 aromatic heterocycles. The third-order valence-electron chi connectivity index (χ3n) is 2.37. The summed E-state index contributed by atoms with van der Waals surface area (Å²) in [6.45, 7) is 4.50. The molecule has 0 atom stereocenters. The predicted molar refractivity (Wildman–Crippen MR) is 64.3 cm³/mol. The minimum Gasteiger partial charge on any atom is -0.358 e. The van der Waals surface area contributed by atoms with Crippen LogP contribution in [-0.4, -0.2) is 24.0 Å². The Morgan fingerprint density at radius 1 is 1.07 bits per heavy atom. The standard InChI is InChI=1S/C9H17N.3CH3.Pt/c1-8(2)10(3)9-6-4-5-7-9;;;;/h4-5,8-9H,6-7H2,1-3H3;3*1H3;/q;3*-1;+4. The van der Waals surface area contributed by atoms with Crippen molar-refractivity contribution in [1.29, 1.82) is 0 Å². The van der Waals surface area contributed by atoms with Crippen molar-refractivity contribution < 1.29 is 21.1 Å². The van der Waals surface area contributed by atoms with Gasteiger partial charge in [-0.25, -0.2) is 0 Å². The monoisotopic (exact) mass is 379 g/mol. The first-order valence-electron chi connectivity index (χ1n) is 4.08. The summed E-state index contributed by atoms with van der Waals surface area (Å²) in [5.41, 5.74) is 0. The van der Waals surface area contributed by atoms with Crippen molar-refractivity contribution in [2.75, 3.05) is 7.05 Å². The molecule has 1 rings (SSSR count). The fourth-order valence-electron chi connectivity index (χ4n) is 1.36. The molecule has 0 bridgehead atoms. The van der Waals surface area contributed by atoms with E-state index in [1.807, 2.05) is 0 Å². The van der Waals surface area contributed by atoms with E-state index in [-0.39, 0.29) is 43.3 Å². The topological polar surface area (TPSA) is 3.24 Å². The molecule has 0 unspecified atom stereocenters. The van der Waals surface area contributed by atoms with Gasteiger partial charge in [-0.15, -0.1) is 0 Å². The second kappa shape index (κ2) is 11.5. The molecule has 88 valence electrons. The van der Waals surface area contributed by atoms with Gasteiger partial charge >= 0.3 is 21.1 Å². The van der Waals surface area contributed by atoms with Crippen LogP contribution in [0, 0.1) is 22.3 Å². The second-order valence-corrected chi connectivity index (χ2v) is 3.36. The molecule has 1 aliphatic rings. The molecular formula is C12H26NPt+. The molecule has 0 spiro atoms. The fourth-order valence-corrected chi connectivity index (χ4v) is 1.36. The molecule has 0 aromatic rings. The minimum atomic E-state index is 0. The van der Waals surface area contributed by atoms with Crippen molar-refractivity contribution >= 4 is 0 Å². The van der Waals surface area contributed by atoms with Gasteiger partial charge in [0.15, 0.2) is 0 Å². The van der Waals surface area contributed by atoms with E-state index in [0.717, 1.165) is 6.04 Å². The Balaban J connectivity index is -0.000000125. The number of nitrogens with zero attached hydrogens (tertiary/aromatic N) is 1. The molecule has 0 amide bonds.